The van der Waals surface area contributed by atoms with E-state index < -0.39 is 12.0 Å². The van der Waals surface area contributed by atoms with Gasteiger partial charge in [-0.05, 0) is 25.5 Å². The van der Waals surface area contributed by atoms with Crippen LogP contribution in [0, 0.1) is 0 Å². The van der Waals surface area contributed by atoms with E-state index in [1.165, 1.54) is 0 Å². The summed E-state index contributed by atoms with van der Waals surface area (Å²) in [5.41, 5.74) is 1.02. The van der Waals surface area contributed by atoms with Crippen LogP contribution in [-0.4, -0.2) is 26.8 Å². The van der Waals surface area contributed by atoms with Crippen molar-refractivity contribution in [3.05, 3.63) is 30.1 Å². The molecule has 1 unspecified atom stereocenters. The minimum Gasteiger partial charge on any atom is -0.480 e. The van der Waals surface area contributed by atoms with Crippen LogP contribution in [0.1, 0.15) is 24.8 Å². The van der Waals surface area contributed by atoms with Gasteiger partial charge in [0, 0.05) is 17.1 Å². The molecule has 1 aliphatic heterocycles. The molecule has 4 nitrogen and oxygen atoms in total. The number of aromatic nitrogens is 1. The SMILES string of the molecule is CC1(C)SC(c2cccnc2)N[C@@H]1C(=O)O. The van der Waals surface area contributed by atoms with Gasteiger partial charge in [0.15, 0.2) is 0 Å². The molecule has 16 heavy (non-hydrogen) atoms. The van der Waals surface area contributed by atoms with Crippen LogP contribution in [0.15, 0.2) is 24.5 Å². The average Bonchev–Trinajstić information content (AvgIpc) is 2.56. The fraction of sp³-hybridized carbons (Fsp3) is 0.455. The lowest BCUT2D eigenvalue weighted by molar-refractivity contribution is -0.139. The van der Waals surface area contributed by atoms with Crippen molar-refractivity contribution in [1.82, 2.24) is 10.3 Å². The van der Waals surface area contributed by atoms with Crippen molar-refractivity contribution in [2.75, 3.05) is 0 Å². The van der Waals surface area contributed by atoms with E-state index in [0.717, 1.165) is 5.56 Å². The Morgan fingerprint density at radius 2 is 2.38 bits per heavy atom. The minimum atomic E-state index is -0.802. The summed E-state index contributed by atoms with van der Waals surface area (Å²) >= 11 is 1.63. The van der Waals surface area contributed by atoms with Crippen molar-refractivity contribution >= 4 is 17.7 Å². The molecule has 1 aromatic heterocycles. The Morgan fingerprint density at radius 1 is 1.62 bits per heavy atom. The number of carboxylic acids is 1. The molecule has 1 aliphatic rings. The zero-order valence-electron chi connectivity index (χ0n) is 9.18. The van der Waals surface area contributed by atoms with Crippen molar-refractivity contribution in [1.29, 1.82) is 0 Å². The predicted octanol–water partition coefficient (Wildman–Crippen LogP) is 1.65. The number of carbonyl (C=O) groups is 1. The van der Waals surface area contributed by atoms with E-state index in [1.807, 2.05) is 26.0 Å². The molecular weight excluding hydrogens is 224 g/mol. The van der Waals surface area contributed by atoms with Gasteiger partial charge in [-0.1, -0.05) is 6.07 Å². The highest BCUT2D eigenvalue weighted by atomic mass is 32.2. The molecule has 2 atom stereocenters. The lowest BCUT2D eigenvalue weighted by Crippen LogP contribution is -2.43. The number of carboxylic acid groups (broad SMARTS) is 1. The smallest absolute Gasteiger partial charge is 0.322 e. The monoisotopic (exact) mass is 238 g/mol. The standard InChI is InChI=1S/C11H14N2O2S/c1-11(2)8(10(14)15)13-9(16-11)7-4-3-5-12-6-7/h3-6,8-9,13H,1-2H3,(H,14,15)/t8-,9?/m1/s1. The number of pyridine rings is 1. The van der Waals surface area contributed by atoms with Crippen molar-refractivity contribution < 1.29 is 9.90 Å². The number of nitrogens with one attached hydrogen (secondary N) is 1. The molecule has 5 heteroatoms. The van der Waals surface area contributed by atoms with E-state index in [4.69, 9.17) is 5.11 Å². The van der Waals surface area contributed by atoms with Gasteiger partial charge in [0.05, 0.1) is 5.37 Å². The zero-order chi connectivity index (χ0) is 11.8. The number of aliphatic carboxylic acids is 1. The third-order valence-electron chi connectivity index (χ3n) is 2.67. The van der Waals surface area contributed by atoms with Crippen molar-refractivity contribution in [3.63, 3.8) is 0 Å². The van der Waals surface area contributed by atoms with Gasteiger partial charge in [-0.15, -0.1) is 11.8 Å². The van der Waals surface area contributed by atoms with Crippen molar-refractivity contribution in [2.24, 2.45) is 0 Å². The summed E-state index contributed by atoms with van der Waals surface area (Å²) < 4.78 is -0.313. The summed E-state index contributed by atoms with van der Waals surface area (Å²) in [7, 11) is 0. The summed E-state index contributed by atoms with van der Waals surface area (Å²) in [4.78, 5) is 15.1. The Bertz CT molecular complexity index is 394. The van der Waals surface area contributed by atoms with Gasteiger partial charge in [0.25, 0.3) is 0 Å². The maximum atomic E-state index is 11.1. The molecule has 0 aliphatic carbocycles. The Balaban J connectivity index is 2.21. The number of thioether (sulfide) groups is 1. The van der Waals surface area contributed by atoms with Crippen LogP contribution < -0.4 is 5.32 Å². The molecule has 0 radical (unpaired) electrons. The first-order valence-corrected chi connectivity index (χ1v) is 5.95. The quantitative estimate of drug-likeness (QED) is 0.820. The van der Waals surface area contributed by atoms with Gasteiger partial charge >= 0.3 is 5.97 Å². The van der Waals surface area contributed by atoms with Crippen molar-refractivity contribution in [2.45, 2.75) is 30.0 Å². The number of rotatable bonds is 2. The largest absolute Gasteiger partial charge is 0.480 e. The van der Waals surface area contributed by atoms with Crippen LogP contribution in [0.2, 0.25) is 0 Å². The molecule has 0 saturated carbocycles. The summed E-state index contributed by atoms with van der Waals surface area (Å²) in [6.07, 6.45) is 3.48. The molecular formula is C11H14N2O2S. The topological polar surface area (TPSA) is 62.2 Å². The van der Waals surface area contributed by atoms with Crippen LogP contribution in [0.25, 0.3) is 0 Å². The van der Waals surface area contributed by atoms with E-state index in [2.05, 4.69) is 10.3 Å². The Morgan fingerprint density at radius 3 is 2.88 bits per heavy atom. The van der Waals surface area contributed by atoms with E-state index >= 15 is 0 Å². The number of nitrogens with zero attached hydrogens (tertiary/aromatic N) is 1. The van der Waals surface area contributed by atoms with Gasteiger partial charge in [0.1, 0.15) is 6.04 Å². The molecule has 0 spiro atoms. The maximum Gasteiger partial charge on any atom is 0.322 e. The lowest BCUT2D eigenvalue weighted by Gasteiger charge is -2.20. The maximum absolute atomic E-state index is 11.1. The summed E-state index contributed by atoms with van der Waals surface area (Å²) in [5, 5.41) is 12.2. The Labute approximate surface area is 98.5 Å². The highest BCUT2D eigenvalue weighted by Crippen LogP contribution is 2.45. The minimum absolute atomic E-state index is 0.00444. The molecule has 0 bridgehead atoms. The first-order chi connectivity index (χ1) is 7.50. The van der Waals surface area contributed by atoms with Crippen LogP contribution in [-0.2, 0) is 4.79 Å². The summed E-state index contributed by atoms with van der Waals surface area (Å²) in [5.74, 6) is -0.802. The van der Waals surface area contributed by atoms with Crippen molar-refractivity contribution in [3.8, 4) is 0 Å². The summed E-state index contributed by atoms with van der Waals surface area (Å²) in [6.45, 7) is 3.89. The van der Waals surface area contributed by atoms with Gasteiger partial charge in [-0.3, -0.25) is 15.1 Å². The highest BCUT2D eigenvalue weighted by Gasteiger charge is 2.45. The van der Waals surface area contributed by atoms with Crippen LogP contribution in [0.3, 0.4) is 0 Å². The lowest BCUT2D eigenvalue weighted by atomic mass is 10.0. The van der Waals surface area contributed by atoms with E-state index in [0.29, 0.717) is 0 Å². The zero-order valence-corrected chi connectivity index (χ0v) is 9.99. The summed E-state index contributed by atoms with van der Waals surface area (Å²) in [6, 6.07) is 3.29. The van der Waals surface area contributed by atoms with Gasteiger partial charge in [-0.25, -0.2) is 0 Å². The predicted molar refractivity (Wildman–Crippen MR) is 63.2 cm³/mol. The fourth-order valence-electron chi connectivity index (χ4n) is 1.82. The molecule has 1 aromatic rings. The molecule has 1 fully saturated rings. The second-order valence-electron chi connectivity index (χ2n) is 4.33. The van der Waals surface area contributed by atoms with Gasteiger partial charge in [0.2, 0.25) is 0 Å². The van der Waals surface area contributed by atoms with Gasteiger partial charge in [-0.2, -0.15) is 0 Å². The Kier molecular flexibility index (Phi) is 2.90. The number of hydrogen-bond acceptors (Lipinski definition) is 4. The van der Waals surface area contributed by atoms with Crippen LogP contribution >= 0.6 is 11.8 Å². The van der Waals surface area contributed by atoms with E-state index in [9.17, 15) is 4.79 Å². The second-order valence-corrected chi connectivity index (χ2v) is 6.08. The number of hydrogen-bond donors (Lipinski definition) is 2. The van der Waals surface area contributed by atoms with E-state index in [-0.39, 0.29) is 10.1 Å². The average molecular weight is 238 g/mol. The first kappa shape index (κ1) is 11.4. The van der Waals surface area contributed by atoms with Crippen LogP contribution in [0.5, 0.6) is 0 Å². The molecule has 2 N–H and O–H groups in total. The highest BCUT2D eigenvalue weighted by molar-refractivity contribution is 8.01. The second kappa shape index (κ2) is 4.07. The molecule has 2 heterocycles. The molecule has 2 rings (SSSR count). The van der Waals surface area contributed by atoms with E-state index in [1.54, 1.807) is 24.2 Å². The fourth-order valence-corrected chi connectivity index (χ4v) is 3.21. The molecule has 0 aromatic carbocycles. The molecule has 1 saturated heterocycles. The first-order valence-electron chi connectivity index (χ1n) is 5.07. The third kappa shape index (κ3) is 2.05. The third-order valence-corrected chi connectivity index (χ3v) is 4.16. The normalized spacial score (nSPS) is 27.9. The molecule has 0 amide bonds. The van der Waals surface area contributed by atoms with Gasteiger partial charge < -0.3 is 5.11 Å². The van der Waals surface area contributed by atoms with Crippen LogP contribution in [0.4, 0.5) is 0 Å². The molecule has 86 valence electrons. The Hall–Kier alpha value is -1.07.